The Labute approximate surface area is 62.5 Å². The van der Waals surface area contributed by atoms with E-state index in [1.54, 1.807) is 0 Å². The Morgan fingerprint density at radius 2 is 2.00 bits per heavy atom. The first kappa shape index (κ1) is 6.37. The van der Waals surface area contributed by atoms with Crippen LogP contribution in [0.4, 0.5) is 0 Å². The van der Waals surface area contributed by atoms with Gasteiger partial charge in [0.25, 0.3) is 0 Å². The van der Waals surface area contributed by atoms with Crippen molar-refractivity contribution in [1.29, 1.82) is 0 Å². The molecule has 1 nitrogen and oxygen atoms in total. The Balaban J connectivity index is 2.83. The van der Waals surface area contributed by atoms with Crippen LogP contribution in [0, 0.1) is 0 Å². The Morgan fingerprint density at radius 1 is 1.38 bits per heavy atom. The maximum atomic E-state index is 3.90. The van der Waals surface area contributed by atoms with Crippen molar-refractivity contribution in [3.8, 4) is 0 Å². The van der Waals surface area contributed by atoms with Crippen LogP contribution < -0.4 is 4.16 Å². The van der Waals surface area contributed by atoms with Crippen LogP contribution in [-0.4, -0.2) is 4.98 Å². The van der Waals surface area contributed by atoms with E-state index in [4.69, 9.17) is 0 Å². The van der Waals surface area contributed by atoms with E-state index in [2.05, 4.69) is 30.7 Å². The van der Waals surface area contributed by atoms with Crippen LogP contribution in [0.2, 0.25) is 0 Å². The number of hydrogen-bond donors (Lipinski definition) is 0. The number of pyridine rings is 1. The van der Waals surface area contributed by atoms with Gasteiger partial charge in [-0.15, -0.1) is 0 Å². The molecule has 0 atom stereocenters. The van der Waals surface area contributed by atoms with Gasteiger partial charge in [-0.05, 0) is 0 Å². The number of nitrogens with zero attached hydrogens (tertiary/aromatic N) is 1. The molecule has 0 bridgehead atoms. The molecule has 0 saturated carbocycles. The third-order valence-electron chi connectivity index (χ3n) is 0.904. The molecule has 1 aromatic rings. The zero-order valence-corrected chi connectivity index (χ0v) is 8.89. The third-order valence-corrected chi connectivity index (χ3v) is 5.90. The van der Waals surface area contributed by atoms with Gasteiger partial charge in [0.1, 0.15) is 0 Å². The van der Waals surface area contributed by atoms with Gasteiger partial charge in [-0.2, -0.15) is 0 Å². The molecule has 0 unspecified atom stereocenters. The SMILES string of the molecule is [Br][Zn][c]1ccncc1. The molecule has 38 valence electrons. The Hall–Kier alpha value is 0.253. The molecule has 1 heterocycles. The summed E-state index contributed by atoms with van der Waals surface area (Å²) in [6.45, 7) is 0. The fourth-order valence-electron chi connectivity index (χ4n) is 0.472. The van der Waals surface area contributed by atoms with Crippen LogP contribution in [0.3, 0.4) is 0 Å². The van der Waals surface area contributed by atoms with Crippen molar-refractivity contribution in [3.63, 3.8) is 0 Å². The Morgan fingerprint density at radius 3 is 2.38 bits per heavy atom. The van der Waals surface area contributed by atoms with E-state index in [0.29, 0.717) is 0 Å². The molecule has 0 amide bonds. The second kappa shape index (κ2) is 3.31. The molecule has 0 fully saturated rings. The molecule has 3 heteroatoms. The summed E-state index contributed by atoms with van der Waals surface area (Å²) in [7, 11) is 0. The quantitative estimate of drug-likeness (QED) is 0.650. The van der Waals surface area contributed by atoms with Crippen molar-refractivity contribution in [1.82, 2.24) is 4.98 Å². The summed E-state index contributed by atoms with van der Waals surface area (Å²) in [4.78, 5) is 3.90. The topological polar surface area (TPSA) is 12.9 Å². The number of rotatable bonds is 1. The summed E-state index contributed by atoms with van der Waals surface area (Å²) in [6, 6.07) is 4.13. The molecule has 0 aromatic carbocycles. The predicted octanol–water partition coefficient (Wildman–Crippen LogP) is 1.10. The minimum atomic E-state index is -0.503. The van der Waals surface area contributed by atoms with E-state index < -0.39 is 15.2 Å². The molecule has 0 N–H and O–H groups in total. The van der Waals surface area contributed by atoms with Gasteiger partial charge in [0.05, 0.1) is 0 Å². The monoisotopic (exact) mass is 221 g/mol. The van der Waals surface area contributed by atoms with Crippen LogP contribution in [0.1, 0.15) is 0 Å². The molecule has 0 aliphatic carbocycles. The molecule has 0 saturated heterocycles. The Bertz CT molecular complexity index is 154. The van der Waals surface area contributed by atoms with Gasteiger partial charge in [0, 0.05) is 0 Å². The van der Waals surface area contributed by atoms with Gasteiger partial charge in [-0.25, -0.2) is 0 Å². The van der Waals surface area contributed by atoms with Gasteiger partial charge in [-0.1, -0.05) is 0 Å². The summed E-state index contributed by atoms with van der Waals surface area (Å²) in [5, 5.41) is 0. The summed E-state index contributed by atoms with van der Waals surface area (Å²) >= 11 is 3.01. The number of hydrogen-bond acceptors (Lipinski definition) is 1. The van der Waals surface area contributed by atoms with Gasteiger partial charge >= 0.3 is 62.5 Å². The summed E-state index contributed by atoms with van der Waals surface area (Å²) in [5.74, 6) is 0. The number of aromatic nitrogens is 1. The summed E-state index contributed by atoms with van der Waals surface area (Å²) in [6.07, 6.45) is 3.67. The van der Waals surface area contributed by atoms with E-state index in [0.717, 1.165) is 0 Å². The molecule has 8 heavy (non-hydrogen) atoms. The van der Waals surface area contributed by atoms with Crippen molar-refractivity contribution in [2.45, 2.75) is 0 Å². The standard InChI is InChI=1S/C5H4N.BrH.Zn/c1-2-4-6-5-3-1;;/h2-5H;1H;/q;;+1/p-1. The van der Waals surface area contributed by atoms with Crippen LogP contribution in [0.5, 0.6) is 0 Å². The Kier molecular flexibility index (Phi) is 2.64. The van der Waals surface area contributed by atoms with E-state index >= 15 is 0 Å². The van der Waals surface area contributed by atoms with E-state index in [-0.39, 0.29) is 0 Å². The molecule has 0 spiro atoms. The first-order chi connectivity index (χ1) is 3.93. The van der Waals surface area contributed by atoms with Gasteiger partial charge in [0.2, 0.25) is 0 Å². The van der Waals surface area contributed by atoms with Crippen LogP contribution >= 0.6 is 13.6 Å². The van der Waals surface area contributed by atoms with Crippen LogP contribution in [0.25, 0.3) is 0 Å². The normalized spacial score (nSPS) is 8.12. The van der Waals surface area contributed by atoms with Crippen molar-refractivity contribution in [2.24, 2.45) is 0 Å². The number of halogens is 1. The van der Waals surface area contributed by atoms with Crippen molar-refractivity contribution in [3.05, 3.63) is 24.5 Å². The third kappa shape index (κ3) is 1.64. The summed E-state index contributed by atoms with van der Waals surface area (Å²) in [5.41, 5.74) is 0. The van der Waals surface area contributed by atoms with E-state index in [9.17, 15) is 0 Å². The van der Waals surface area contributed by atoms with Gasteiger partial charge in [0.15, 0.2) is 0 Å². The average molecular weight is 223 g/mol. The van der Waals surface area contributed by atoms with Crippen molar-refractivity contribution < 1.29 is 15.2 Å². The zero-order chi connectivity index (χ0) is 5.82. The van der Waals surface area contributed by atoms with Crippen molar-refractivity contribution >= 4 is 17.8 Å². The second-order valence-electron chi connectivity index (χ2n) is 1.49. The molecule has 1 rings (SSSR count). The minimum absolute atomic E-state index is 0.503. The van der Waals surface area contributed by atoms with Crippen LogP contribution in [-0.2, 0) is 15.2 Å². The van der Waals surface area contributed by atoms with E-state index in [1.165, 1.54) is 4.16 Å². The van der Waals surface area contributed by atoms with E-state index in [1.807, 2.05) is 12.4 Å². The maximum absolute atomic E-state index is 3.90. The fraction of sp³-hybridized carbons (Fsp3) is 0. The second-order valence-corrected chi connectivity index (χ2v) is 6.68. The molecular formula is C5H4BrNZn. The molecule has 0 radical (unpaired) electrons. The van der Waals surface area contributed by atoms with Gasteiger partial charge in [-0.3, -0.25) is 0 Å². The predicted molar refractivity (Wildman–Crippen MR) is 32.8 cm³/mol. The molecular weight excluding hydrogens is 219 g/mol. The average Bonchev–Trinajstić information content (AvgIpc) is 1.90. The summed E-state index contributed by atoms with van der Waals surface area (Å²) < 4.78 is 1.45. The molecule has 0 aliphatic heterocycles. The fourth-order valence-corrected chi connectivity index (χ4v) is 3.23. The van der Waals surface area contributed by atoms with Crippen LogP contribution in [0.15, 0.2) is 24.5 Å². The van der Waals surface area contributed by atoms with Gasteiger partial charge < -0.3 is 0 Å². The zero-order valence-electron chi connectivity index (χ0n) is 4.34. The molecule has 0 aliphatic rings. The first-order valence-corrected chi connectivity index (χ1v) is 10.8. The molecule has 1 aromatic heterocycles. The van der Waals surface area contributed by atoms with Crippen molar-refractivity contribution in [2.75, 3.05) is 0 Å². The first-order valence-electron chi connectivity index (χ1n) is 2.38.